The number of para-hydroxylation sites is 1. The van der Waals surface area contributed by atoms with E-state index in [1.807, 2.05) is 17.0 Å². The predicted octanol–water partition coefficient (Wildman–Crippen LogP) is 1.85. The molecule has 0 saturated carbocycles. The third-order valence-electron chi connectivity index (χ3n) is 5.16. The minimum absolute atomic E-state index is 0.00310. The summed E-state index contributed by atoms with van der Waals surface area (Å²) < 4.78 is 27.0. The van der Waals surface area contributed by atoms with Gasteiger partial charge in [0.25, 0.3) is 5.91 Å². The number of primary amides is 1. The number of benzene rings is 2. The minimum atomic E-state index is -3.74. The van der Waals surface area contributed by atoms with Crippen LogP contribution >= 0.6 is 0 Å². The maximum atomic E-state index is 12.8. The molecule has 0 radical (unpaired) electrons. The van der Waals surface area contributed by atoms with Gasteiger partial charge in [-0.25, -0.2) is 13.1 Å². The van der Waals surface area contributed by atoms with Crippen LogP contribution in [-0.4, -0.2) is 44.3 Å². The van der Waals surface area contributed by atoms with Crippen molar-refractivity contribution in [3.63, 3.8) is 0 Å². The van der Waals surface area contributed by atoms with Crippen LogP contribution in [0.4, 0.5) is 5.69 Å². The van der Waals surface area contributed by atoms with Gasteiger partial charge in [0.15, 0.2) is 0 Å². The van der Waals surface area contributed by atoms with Crippen LogP contribution in [-0.2, 0) is 21.4 Å². The van der Waals surface area contributed by atoms with Crippen LogP contribution in [0.1, 0.15) is 28.8 Å². The van der Waals surface area contributed by atoms with E-state index < -0.39 is 15.9 Å². The van der Waals surface area contributed by atoms with Gasteiger partial charge in [-0.15, -0.1) is 6.58 Å². The third kappa shape index (κ3) is 5.57. The molecule has 2 aromatic rings. The van der Waals surface area contributed by atoms with Crippen molar-refractivity contribution >= 4 is 27.5 Å². The average molecular weight is 443 g/mol. The highest BCUT2D eigenvalue weighted by Crippen LogP contribution is 2.24. The van der Waals surface area contributed by atoms with Crippen LogP contribution in [0.25, 0.3) is 0 Å². The Kier molecular flexibility index (Phi) is 7.21. The van der Waals surface area contributed by atoms with Crippen molar-refractivity contribution in [2.24, 2.45) is 5.73 Å². The summed E-state index contributed by atoms with van der Waals surface area (Å²) in [4.78, 5) is 26.5. The Balaban J connectivity index is 1.78. The number of hydrogen-bond acceptors (Lipinski definition) is 5. The first-order valence-electron chi connectivity index (χ1n) is 9.95. The number of anilines is 1. The van der Waals surface area contributed by atoms with Gasteiger partial charge < -0.3 is 11.1 Å². The number of nitrogens with zero attached hydrogens (tertiary/aromatic N) is 1. The summed E-state index contributed by atoms with van der Waals surface area (Å²) in [5, 5.41) is 2.85. The molecule has 2 amide bonds. The predicted molar refractivity (Wildman–Crippen MR) is 119 cm³/mol. The molecule has 164 valence electrons. The Morgan fingerprint density at radius 3 is 2.71 bits per heavy atom. The monoisotopic (exact) mass is 442 g/mol. The Morgan fingerprint density at radius 2 is 1.97 bits per heavy atom. The number of carbonyl (C=O) groups excluding carboxylic acids is 2. The van der Waals surface area contributed by atoms with Crippen molar-refractivity contribution in [3.8, 4) is 0 Å². The normalized spacial score (nSPS) is 16.7. The molecule has 1 aliphatic heterocycles. The van der Waals surface area contributed by atoms with E-state index in [2.05, 4.69) is 16.6 Å². The van der Waals surface area contributed by atoms with E-state index in [9.17, 15) is 18.0 Å². The van der Waals surface area contributed by atoms with Gasteiger partial charge in [0.2, 0.25) is 15.9 Å². The molecule has 0 bridgehead atoms. The lowest BCUT2D eigenvalue weighted by atomic mass is 10.1. The molecule has 1 heterocycles. The number of sulfonamides is 1. The van der Waals surface area contributed by atoms with Crippen molar-refractivity contribution in [1.82, 2.24) is 9.62 Å². The molecule has 0 spiro atoms. The molecule has 31 heavy (non-hydrogen) atoms. The quantitative estimate of drug-likeness (QED) is 0.512. The number of likely N-dealkylation sites (tertiary alicyclic amines) is 1. The molecule has 9 heteroatoms. The second kappa shape index (κ2) is 9.86. The zero-order valence-corrected chi connectivity index (χ0v) is 17.9. The molecular formula is C22H26N4O4S. The maximum absolute atomic E-state index is 12.8. The minimum Gasteiger partial charge on any atom is -0.368 e. The van der Waals surface area contributed by atoms with E-state index in [1.54, 1.807) is 18.2 Å². The highest BCUT2D eigenvalue weighted by Gasteiger charge is 2.29. The lowest BCUT2D eigenvalue weighted by molar-refractivity contribution is -0.122. The number of nitrogens with one attached hydrogen (secondary N) is 2. The lowest BCUT2D eigenvalue weighted by Crippen LogP contribution is -2.39. The summed E-state index contributed by atoms with van der Waals surface area (Å²) in [5.41, 5.74) is 7.17. The summed E-state index contributed by atoms with van der Waals surface area (Å²) >= 11 is 0. The van der Waals surface area contributed by atoms with E-state index in [0.29, 0.717) is 12.2 Å². The fourth-order valence-electron chi connectivity index (χ4n) is 3.59. The third-order valence-corrected chi connectivity index (χ3v) is 6.58. The second-order valence-corrected chi connectivity index (χ2v) is 9.08. The number of nitrogens with two attached hydrogens (primary N) is 1. The van der Waals surface area contributed by atoms with Crippen molar-refractivity contribution in [3.05, 3.63) is 72.3 Å². The standard InChI is InChI=1S/C22H26N4O4S/c1-2-12-24-31(29,30)18-9-5-8-16(14-18)22(28)25-19-10-4-3-7-17(19)15-26-13-6-11-20(26)21(23)27/h2-5,7-10,14,20,24H,1,6,11-13,15H2,(H2,23,27)(H,25,28). The van der Waals surface area contributed by atoms with Gasteiger partial charge in [0.1, 0.15) is 0 Å². The van der Waals surface area contributed by atoms with E-state index >= 15 is 0 Å². The number of hydrogen-bond donors (Lipinski definition) is 3. The smallest absolute Gasteiger partial charge is 0.255 e. The molecule has 0 aliphatic carbocycles. The highest BCUT2D eigenvalue weighted by atomic mass is 32.2. The van der Waals surface area contributed by atoms with Crippen LogP contribution in [0.15, 0.2) is 66.1 Å². The maximum Gasteiger partial charge on any atom is 0.255 e. The second-order valence-electron chi connectivity index (χ2n) is 7.31. The zero-order chi connectivity index (χ0) is 22.4. The van der Waals surface area contributed by atoms with Crippen LogP contribution < -0.4 is 15.8 Å². The van der Waals surface area contributed by atoms with Crippen molar-refractivity contribution in [2.45, 2.75) is 30.3 Å². The molecule has 0 aromatic heterocycles. The van der Waals surface area contributed by atoms with Crippen LogP contribution in [0, 0.1) is 0 Å². The van der Waals surface area contributed by atoms with Crippen molar-refractivity contribution in [1.29, 1.82) is 0 Å². The SMILES string of the molecule is C=CCNS(=O)(=O)c1cccc(C(=O)Nc2ccccc2CN2CCCC2C(N)=O)c1. The summed E-state index contributed by atoms with van der Waals surface area (Å²) in [5.74, 6) is -0.775. The number of amides is 2. The fraction of sp³-hybridized carbons (Fsp3) is 0.273. The molecule has 3 rings (SSSR count). The van der Waals surface area contributed by atoms with Crippen LogP contribution in [0.3, 0.4) is 0 Å². The molecule has 1 saturated heterocycles. The zero-order valence-electron chi connectivity index (χ0n) is 17.1. The molecular weight excluding hydrogens is 416 g/mol. The summed E-state index contributed by atoms with van der Waals surface area (Å²) in [6.45, 7) is 4.81. The Labute approximate surface area is 182 Å². The van der Waals surface area contributed by atoms with Gasteiger partial charge in [-0.2, -0.15) is 0 Å². The van der Waals surface area contributed by atoms with E-state index in [-0.39, 0.29) is 29.0 Å². The van der Waals surface area contributed by atoms with Gasteiger partial charge in [-0.3, -0.25) is 14.5 Å². The number of rotatable bonds is 9. The van der Waals surface area contributed by atoms with Gasteiger partial charge >= 0.3 is 0 Å². The van der Waals surface area contributed by atoms with Crippen molar-refractivity contribution < 1.29 is 18.0 Å². The first kappa shape index (κ1) is 22.7. The van der Waals surface area contributed by atoms with Gasteiger partial charge in [-0.1, -0.05) is 30.3 Å². The van der Waals surface area contributed by atoms with E-state index in [4.69, 9.17) is 5.73 Å². The van der Waals surface area contributed by atoms with Crippen LogP contribution in [0.5, 0.6) is 0 Å². The Morgan fingerprint density at radius 1 is 1.19 bits per heavy atom. The molecule has 4 N–H and O–H groups in total. The first-order valence-corrected chi connectivity index (χ1v) is 11.4. The Hall–Kier alpha value is -3.01. The molecule has 1 unspecified atom stereocenters. The molecule has 1 aliphatic rings. The summed E-state index contributed by atoms with van der Waals surface area (Å²) in [7, 11) is -3.74. The number of carbonyl (C=O) groups is 2. The van der Waals surface area contributed by atoms with Gasteiger partial charge in [-0.05, 0) is 49.2 Å². The van der Waals surface area contributed by atoms with Gasteiger partial charge in [0.05, 0.1) is 10.9 Å². The molecule has 8 nitrogen and oxygen atoms in total. The topological polar surface area (TPSA) is 122 Å². The summed E-state index contributed by atoms with van der Waals surface area (Å²) in [6.07, 6.45) is 3.06. The van der Waals surface area contributed by atoms with Crippen LogP contribution in [0.2, 0.25) is 0 Å². The first-order chi connectivity index (χ1) is 14.8. The lowest BCUT2D eigenvalue weighted by Gasteiger charge is -2.23. The van der Waals surface area contributed by atoms with E-state index in [1.165, 1.54) is 24.3 Å². The molecule has 1 fully saturated rings. The Bertz CT molecular complexity index is 1080. The highest BCUT2D eigenvalue weighted by molar-refractivity contribution is 7.89. The average Bonchev–Trinajstić information content (AvgIpc) is 3.22. The van der Waals surface area contributed by atoms with Crippen molar-refractivity contribution in [2.75, 3.05) is 18.4 Å². The van der Waals surface area contributed by atoms with E-state index in [0.717, 1.165) is 24.9 Å². The summed E-state index contributed by atoms with van der Waals surface area (Å²) in [6, 6.07) is 12.8. The largest absolute Gasteiger partial charge is 0.368 e. The fourth-order valence-corrected chi connectivity index (χ4v) is 4.63. The molecule has 2 aromatic carbocycles. The van der Waals surface area contributed by atoms with Gasteiger partial charge in [0, 0.05) is 24.3 Å². The molecule has 1 atom stereocenters.